The largest absolute Gasteiger partial charge is 0.384 e. The van der Waals surface area contributed by atoms with Crippen molar-refractivity contribution < 1.29 is 9.18 Å². The van der Waals surface area contributed by atoms with Crippen LogP contribution in [0.2, 0.25) is 0 Å². The van der Waals surface area contributed by atoms with Crippen LogP contribution in [0.15, 0.2) is 88.2 Å². The zero-order chi connectivity index (χ0) is 27.0. The monoisotopic (exact) mass is 523 g/mol. The molecule has 1 unspecified atom stereocenters. The van der Waals surface area contributed by atoms with E-state index < -0.39 is 5.92 Å². The molecule has 0 saturated heterocycles. The Balaban J connectivity index is 1.62. The molecule has 2 aliphatic rings. The second-order valence-corrected chi connectivity index (χ2v) is 11.1. The minimum absolute atomic E-state index is 0.0418. The molecule has 0 amide bonds. The van der Waals surface area contributed by atoms with Crippen molar-refractivity contribution >= 4 is 23.2 Å². The fourth-order valence-corrected chi connectivity index (χ4v) is 6.44. The van der Waals surface area contributed by atoms with Crippen LogP contribution in [-0.4, -0.2) is 5.78 Å². The van der Waals surface area contributed by atoms with Gasteiger partial charge in [-0.15, -0.1) is 11.8 Å². The molecule has 0 aromatic heterocycles. The number of hydrogen-bond donors (Lipinski definition) is 1. The SMILES string of the molecule is Cc1ccc(SCc2cc(C)cc(C3C(C#N)=C(N)N(c4ccc(F)cc4)C4=C3C(=O)CCC4)c2C)cc1. The van der Waals surface area contributed by atoms with E-state index in [1.54, 1.807) is 28.8 Å². The summed E-state index contributed by atoms with van der Waals surface area (Å²) in [5, 5.41) is 10.4. The first-order chi connectivity index (χ1) is 18.3. The summed E-state index contributed by atoms with van der Waals surface area (Å²) in [6.45, 7) is 6.20. The number of Topliss-reactive ketones (excluding diaryl/α,β-unsaturated/α-hetero) is 1. The lowest BCUT2D eigenvalue weighted by molar-refractivity contribution is -0.116. The summed E-state index contributed by atoms with van der Waals surface area (Å²) < 4.78 is 13.7. The van der Waals surface area contributed by atoms with Crippen LogP contribution < -0.4 is 10.6 Å². The van der Waals surface area contributed by atoms with Crippen LogP contribution in [0.25, 0.3) is 0 Å². The van der Waals surface area contributed by atoms with Crippen LogP contribution in [0.1, 0.15) is 53.0 Å². The number of carbonyl (C=O) groups excluding carboxylic acids is 1. The molecule has 0 spiro atoms. The van der Waals surface area contributed by atoms with Gasteiger partial charge in [-0.25, -0.2) is 4.39 Å². The van der Waals surface area contributed by atoms with Crippen molar-refractivity contribution in [2.24, 2.45) is 5.73 Å². The molecule has 2 N–H and O–H groups in total. The first kappa shape index (κ1) is 25.8. The molecule has 1 atom stereocenters. The summed E-state index contributed by atoms with van der Waals surface area (Å²) in [4.78, 5) is 16.5. The van der Waals surface area contributed by atoms with Gasteiger partial charge >= 0.3 is 0 Å². The number of halogens is 1. The van der Waals surface area contributed by atoms with Crippen LogP contribution in [-0.2, 0) is 10.5 Å². The van der Waals surface area contributed by atoms with Crippen molar-refractivity contribution in [1.29, 1.82) is 5.26 Å². The number of ketones is 1. The van der Waals surface area contributed by atoms with Gasteiger partial charge in [0.25, 0.3) is 0 Å². The molecule has 4 nitrogen and oxygen atoms in total. The normalized spacial score (nSPS) is 17.5. The Morgan fingerprint density at radius 3 is 2.42 bits per heavy atom. The summed E-state index contributed by atoms with van der Waals surface area (Å²) in [5.74, 6) is 0.238. The lowest BCUT2D eigenvalue weighted by atomic mass is 9.73. The first-order valence-electron chi connectivity index (χ1n) is 12.8. The zero-order valence-corrected chi connectivity index (χ0v) is 22.7. The van der Waals surface area contributed by atoms with Crippen molar-refractivity contribution in [2.75, 3.05) is 4.90 Å². The Bertz CT molecular complexity index is 1510. The maximum Gasteiger partial charge on any atom is 0.161 e. The molecule has 0 saturated carbocycles. The molecule has 0 radical (unpaired) electrons. The number of rotatable bonds is 5. The fourth-order valence-electron chi connectivity index (χ4n) is 5.49. The van der Waals surface area contributed by atoms with E-state index in [1.165, 1.54) is 28.2 Å². The molecule has 3 aromatic rings. The molecule has 1 aliphatic carbocycles. The van der Waals surface area contributed by atoms with E-state index in [9.17, 15) is 14.4 Å². The molecule has 38 heavy (non-hydrogen) atoms. The van der Waals surface area contributed by atoms with Crippen LogP contribution in [0.4, 0.5) is 10.1 Å². The van der Waals surface area contributed by atoms with Gasteiger partial charge in [-0.3, -0.25) is 9.69 Å². The van der Waals surface area contributed by atoms with Crippen LogP contribution in [0, 0.1) is 37.9 Å². The highest BCUT2D eigenvalue weighted by Gasteiger charge is 2.41. The standard InChI is InChI=1S/C32H30FN3OS/c1-19-7-13-25(14-8-19)38-18-22-15-20(2)16-26(21(22)3)30-27(17-34)32(35)36(24-11-9-23(33)10-12-24)28-5-4-6-29(37)31(28)30/h7-16,30H,4-6,18,35H2,1-3H3. The lowest BCUT2D eigenvalue weighted by Crippen LogP contribution is -2.39. The topological polar surface area (TPSA) is 70.1 Å². The highest BCUT2D eigenvalue weighted by molar-refractivity contribution is 7.98. The number of carbonyl (C=O) groups is 1. The van der Waals surface area contributed by atoms with Gasteiger partial charge in [0.2, 0.25) is 0 Å². The third-order valence-electron chi connectivity index (χ3n) is 7.42. The summed E-state index contributed by atoms with van der Waals surface area (Å²) in [7, 11) is 0. The van der Waals surface area contributed by atoms with Gasteiger partial charge in [-0.05, 0) is 86.7 Å². The highest BCUT2D eigenvalue weighted by atomic mass is 32.2. The Labute approximate surface area is 227 Å². The number of aryl methyl sites for hydroxylation is 2. The third kappa shape index (κ3) is 4.75. The van der Waals surface area contributed by atoms with E-state index in [4.69, 9.17) is 5.73 Å². The Kier molecular flexibility index (Phi) is 7.14. The maximum absolute atomic E-state index is 13.7. The quantitative estimate of drug-likeness (QED) is 0.354. The molecular weight excluding hydrogens is 493 g/mol. The molecule has 3 aromatic carbocycles. The van der Waals surface area contributed by atoms with Crippen LogP contribution in [0.5, 0.6) is 0 Å². The molecule has 1 aliphatic heterocycles. The van der Waals surface area contributed by atoms with Gasteiger partial charge < -0.3 is 5.73 Å². The molecule has 0 fully saturated rings. The molecule has 0 bridgehead atoms. The van der Waals surface area contributed by atoms with E-state index in [0.717, 1.165) is 28.1 Å². The van der Waals surface area contributed by atoms with E-state index in [-0.39, 0.29) is 11.6 Å². The predicted octanol–water partition coefficient (Wildman–Crippen LogP) is 7.35. The average Bonchev–Trinajstić information content (AvgIpc) is 2.90. The number of nitrogens with zero attached hydrogens (tertiary/aromatic N) is 2. The smallest absolute Gasteiger partial charge is 0.161 e. The van der Waals surface area contributed by atoms with Crippen molar-refractivity contribution in [2.45, 2.75) is 56.6 Å². The van der Waals surface area contributed by atoms with Crippen molar-refractivity contribution in [3.05, 3.63) is 117 Å². The van der Waals surface area contributed by atoms with Gasteiger partial charge in [0.15, 0.2) is 5.78 Å². The zero-order valence-electron chi connectivity index (χ0n) is 21.8. The summed E-state index contributed by atoms with van der Waals surface area (Å²) in [5.41, 5.74) is 14.6. The molecule has 192 valence electrons. The summed E-state index contributed by atoms with van der Waals surface area (Å²) >= 11 is 1.77. The fraction of sp³-hybridized carbons (Fsp3) is 0.250. The molecule has 5 rings (SSSR count). The van der Waals surface area contributed by atoms with Crippen LogP contribution >= 0.6 is 11.8 Å². The lowest BCUT2D eigenvalue weighted by Gasteiger charge is -2.40. The third-order valence-corrected chi connectivity index (χ3v) is 8.49. The van der Waals surface area contributed by atoms with E-state index in [0.29, 0.717) is 41.9 Å². The Hall–Kier alpha value is -3.82. The first-order valence-corrected chi connectivity index (χ1v) is 13.8. The summed E-state index contributed by atoms with van der Waals surface area (Å²) in [6, 6.07) is 21.1. The number of nitriles is 1. The van der Waals surface area contributed by atoms with Gasteiger partial charge in [0, 0.05) is 34.0 Å². The number of benzene rings is 3. The second-order valence-electron chi connectivity index (χ2n) is 10.0. The Morgan fingerprint density at radius 2 is 1.74 bits per heavy atom. The minimum atomic E-state index is -0.525. The van der Waals surface area contributed by atoms with Gasteiger partial charge in [-0.2, -0.15) is 5.26 Å². The van der Waals surface area contributed by atoms with Crippen molar-refractivity contribution in [1.82, 2.24) is 0 Å². The van der Waals surface area contributed by atoms with Crippen molar-refractivity contribution in [3.63, 3.8) is 0 Å². The van der Waals surface area contributed by atoms with E-state index in [1.807, 2.05) is 6.92 Å². The van der Waals surface area contributed by atoms with Crippen molar-refractivity contribution in [3.8, 4) is 6.07 Å². The average molecular weight is 524 g/mol. The number of allylic oxidation sites excluding steroid dienone is 3. The predicted molar refractivity (Wildman–Crippen MR) is 151 cm³/mol. The number of nitrogens with two attached hydrogens (primary N) is 1. The molecule has 6 heteroatoms. The molecule has 1 heterocycles. The van der Waals surface area contributed by atoms with E-state index in [2.05, 4.69) is 56.3 Å². The van der Waals surface area contributed by atoms with E-state index >= 15 is 0 Å². The highest BCUT2D eigenvalue weighted by Crippen LogP contribution is 2.47. The maximum atomic E-state index is 13.7. The summed E-state index contributed by atoms with van der Waals surface area (Å²) in [6.07, 6.45) is 1.81. The van der Waals surface area contributed by atoms with Crippen LogP contribution in [0.3, 0.4) is 0 Å². The number of thioether (sulfide) groups is 1. The van der Waals surface area contributed by atoms with Gasteiger partial charge in [-0.1, -0.05) is 35.4 Å². The Morgan fingerprint density at radius 1 is 1.03 bits per heavy atom. The minimum Gasteiger partial charge on any atom is -0.384 e. The van der Waals surface area contributed by atoms with Gasteiger partial charge in [0.1, 0.15) is 11.6 Å². The number of hydrogen-bond acceptors (Lipinski definition) is 5. The van der Waals surface area contributed by atoms with Gasteiger partial charge in [0.05, 0.1) is 17.6 Å². The number of anilines is 1. The molecular formula is C32H30FN3OS. The second kappa shape index (κ2) is 10.5.